The van der Waals surface area contributed by atoms with Crippen molar-refractivity contribution in [2.24, 2.45) is 11.8 Å². The van der Waals surface area contributed by atoms with Gasteiger partial charge in [-0.25, -0.2) is 0 Å². The van der Waals surface area contributed by atoms with Gasteiger partial charge >= 0.3 is 0 Å². The summed E-state index contributed by atoms with van der Waals surface area (Å²) in [4.78, 5) is 2.40. The molecule has 1 saturated heterocycles. The van der Waals surface area contributed by atoms with Gasteiger partial charge in [-0.3, -0.25) is 5.10 Å². The fourth-order valence-corrected chi connectivity index (χ4v) is 2.82. The molecule has 1 aromatic carbocycles. The monoisotopic (exact) mass is 244 g/mol. The Hall–Kier alpha value is -1.71. The largest absolute Gasteiger partial charge is 0.397 e. The molecule has 18 heavy (non-hydrogen) atoms. The molecule has 1 unspecified atom stereocenters. The third-order valence-corrected chi connectivity index (χ3v) is 4.10. The number of anilines is 2. The molecule has 2 heterocycles. The second-order valence-electron chi connectivity index (χ2n) is 5.61. The first-order valence-electron chi connectivity index (χ1n) is 6.62. The second kappa shape index (κ2) is 4.19. The molecule has 4 nitrogen and oxygen atoms in total. The number of nitrogens with zero attached hydrogens (tertiary/aromatic N) is 2. The number of aromatic amines is 1. The molecule has 3 rings (SSSR count). The van der Waals surface area contributed by atoms with E-state index in [1.54, 1.807) is 0 Å². The number of rotatable bonds is 2. The van der Waals surface area contributed by atoms with E-state index in [4.69, 9.17) is 5.73 Å². The van der Waals surface area contributed by atoms with Crippen molar-refractivity contribution in [3.05, 3.63) is 18.3 Å². The van der Waals surface area contributed by atoms with Crippen molar-refractivity contribution in [3.63, 3.8) is 0 Å². The first kappa shape index (κ1) is 11.4. The molecule has 2 aromatic rings. The summed E-state index contributed by atoms with van der Waals surface area (Å²) < 4.78 is 0. The van der Waals surface area contributed by atoms with Crippen LogP contribution in [-0.2, 0) is 0 Å². The predicted molar refractivity (Wildman–Crippen MR) is 75.7 cm³/mol. The zero-order chi connectivity index (χ0) is 12.7. The quantitative estimate of drug-likeness (QED) is 0.798. The van der Waals surface area contributed by atoms with Gasteiger partial charge in [0.15, 0.2) is 0 Å². The summed E-state index contributed by atoms with van der Waals surface area (Å²) in [6, 6.07) is 4.14. The highest BCUT2D eigenvalue weighted by Crippen LogP contribution is 2.33. The van der Waals surface area contributed by atoms with E-state index in [-0.39, 0.29) is 0 Å². The number of aromatic nitrogens is 2. The Bertz CT molecular complexity index is 558. The smallest absolute Gasteiger partial charge is 0.0672 e. The Morgan fingerprint density at radius 3 is 3.00 bits per heavy atom. The van der Waals surface area contributed by atoms with E-state index in [2.05, 4.69) is 35.0 Å². The molecule has 0 saturated carbocycles. The molecule has 0 amide bonds. The second-order valence-corrected chi connectivity index (χ2v) is 5.61. The fraction of sp³-hybridized carbons (Fsp3) is 0.500. The van der Waals surface area contributed by atoms with Gasteiger partial charge in [0, 0.05) is 18.5 Å². The van der Waals surface area contributed by atoms with Crippen molar-refractivity contribution in [1.29, 1.82) is 0 Å². The molecule has 1 aromatic heterocycles. The molecule has 4 heteroatoms. The normalized spacial score (nSPS) is 20.2. The van der Waals surface area contributed by atoms with Crippen LogP contribution in [0, 0.1) is 11.8 Å². The molecule has 96 valence electrons. The van der Waals surface area contributed by atoms with E-state index >= 15 is 0 Å². The maximum atomic E-state index is 6.16. The van der Waals surface area contributed by atoms with Gasteiger partial charge in [0.05, 0.1) is 23.1 Å². The van der Waals surface area contributed by atoms with E-state index in [0.29, 0.717) is 0 Å². The number of nitrogens with two attached hydrogens (primary N) is 1. The number of fused-ring (bicyclic) bond motifs is 1. The van der Waals surface area contributed by atoms with Crippen LogP contribution in [0.5, 0.6) is 0 Å². The molecule has 1 fully saturated rings. The summed E-state index contributed by atoms with van der Waals surface area (Å²) in [5, 5.41) is 8.15. The summed E-state index contributed by atoms with van der Waals surface area (Å²) in [6.45, 7) is 6.82. The number of H-pyrrole nitrogens is 1. The van der Waals surface area contributed by atoms with Crippen LogP contribution in [0.15, 0.2) is 18.3 Å². The SMILES string of the molecule is CC(C)C1CCN(c2cc3[nH]ncc3cc2N)C1. The zero-order valence-corrected chi connectivity index (χ0v) is 11.0. The highest BCUT2D eigenvalue weighted by Gasteiger charge is 2.26. The molecule has 0 spiro atoms. The first-order valence-corrected chi connectivity index (χ1v) is 6.62. The highest BCUT2D eigenvalue weighted by molar-refractivity contribution is 5.89. The van der Waals surface area contributed by atoms with Crippen molar-refractivity contribution >= 4 is 22.3 Å². The van der Waals surface area contributed by atoms with Gasteiger partial charge in [-0.2, -0.15) is 5.10 Å². The van der Waals surface area contributed by atoms with E-state index < -0.39 is 0 Å². The van der Waals surface area contributed by atoms with Crippen molar-refractivity contribution in [3.8, 4) is 0 Å². The lowest BCUT2D eigenvalue weighted by atomic mass is 9.95. The Morgan fingerprint density at radius 2 is 2.28 bits per heavy atom. The average molecular weight is 244 g/mol. The number of benzene rings is 1. The van der Waals surface area contributed by atoms with Crippen LogP contribution < -0.4 is 10.6 Å². The van der Waals surface area contributed by atoms with Gasteiger partial charge in [0.1, 0.15) is 0 Å². The summed E-state index contributed by atoms with van der Waals surface area (Å²) in [5.41, 5.74) is 9.23. The number of nitrogen functional groups attached to an aromatic ring is 1. The number of hydrogen-bond acceptors (Lipinski definition) is 3. The minimum Gasteiger partial charge on any atom is -0.397 e. The van der Waals surface area contributed by atoms with Crippen molar-refractivity contribution in [2.45, 2.75) is 20.3 Å². The topological polar surface area (TPSA) is 57.9 Å². The lowest BCUT2D eigenvalue weighted by Crippen LogP contribution is -2.22. The maximum absolute atomic E-state index is 6.16. The van der Waals surface area contributed by atoms with Gasteiger partial charge < -0.3 is 10.6 Å². The molecule has 1 atom stereocenters. The van der Waals surface area contributed by atoms with Crippen LogP contribution in [0.1, 0.15) is 20.3 Å². The molecule has 0 radical (unpaired) electrons. The standard InChI is InChI=1S/C14H20N4/c1-9(2)10-3-4-18(8-10)14-6-13-11(5-12(14)15)7-16-17-13/h5-7,9-10H,3-4,8,15H2,1-2H3,(H,16,17). The van der Waals surface area contributed by atoms with Crippen LogP contribution in [0.3, 0.4) is 0 Å². The van der Waals surface area contributed by atoms with Crippen molar-refractivity contribution in [1.82, 2.24) is 10.2 Å². The number of hydrogen-bond donors (Lipinski definition) is 2. The van der Waals surface area contributed by atoms with Crippen LogP contribution in [0.2, 0.25) is 0 Å². The van der Waals surface area contributed by atoms with E-state index in [1.807, 2.05) is 12.3 Å². The third-order valence-electron chi connectivity index (χ3n) is 4.10. The molecule has 3 N–H and O–H groups in total. The van der Waals surface area contributed by atoms with E-state index in [0.717, 1.165) is 47.2 Å². The highest BCUT2D eigenvalue weighted by atomic mass is 15.2. The zero-order valence-electron chi connectivity index (χ0n) is 11.0. The van der Waals surface area contributed by atoms with Crippen LogP contribution in [0.4, 0.5) is 11.4 Å². The Balaban J connectivity index is 1.92. The van der Waals surface area contributed by atoms with Crippen LogP contribution in [-0.4, -0.2) is 23.3 Å². The van der Waals surface area contributed by atoms with Gasteiger partial charge in [0.25, 0.3) is 0 Å². The van der Waals surface area contributed by atoms with E-state index in [1.165, 1.54) is 6.42 Å². The van der Waals surface area contributed by atoms with Crippen molar-refractivity contribution < 1.29 is 0 Å². The van der Waals surface area contributed by atoms with Crippen molar-refractivity contribution in [2.75, 3.05) is 23.7 Å². The first-order chi connectivity index (χ1) is 8.65. The summed E-state index contributed by atoms with van der Waals surface area (Å²) in [6.07, 6.45) is 3.08. The third kappa shape index (κ3) is 1.82. The molecule has 0 aliphatic carbocycles. The van der Waals surface area contributed by atoms with Gasteiger partial charge in [-0.05, 0) is 30.4 Å². The lowest BCUT2D eigenvalue weighted by Gasteiger charge is -2.21. The molecular weight excluding hydrogens is 224 g/mol. The minimum atomic E-state index is 0.743. The van der Waals surface area contributed by atoms with E-state index in [9.17, 15) is 0 Å². The lowest BCUT2D eigenvalue weighted by molar-refractivity contribution is 0.423. The molecule has 0 bridgehead atoms. The van der Waals surface area contributed by atoms with Gasteiger partial charge in [-0.1, -0.05) is 13.8 Å². The summed E-state index contributed by atoms with van der Waals surface area (Å²) in [7, 11) is 0. The fourth-order valence-electron chi connectivity index (χ4n) is 2.82. The average Bonchev–Trinajstić information content (AvgIpc) is 2.94. The Kier molecular flexibility index (Phi) is 2.65. The number of nitrogens with one attached hydrogen (secondary N) is 1. The Labute approximate surface area is 107 Å². The molecular formula is C14H20N4. The molecule has 1 aliphatic rings. The predicted octanol–water partition coefficient (Wildman–Crippen LogP) is 2.63. The molecule has 1 aliphatic heterocycles. The van der Waals surface area contributed by atoms with Gasteiger partial charge in [0.2, 0.25) is 0 Å². The minimum absolute atomic E-state index is 0.743. The summed E-state index contributed by atoms with van der Waals surface area (Å²) in [5.74, 6) is 1.52. The van der Waals surface area contributed by atoms with Gasteiger partial charge in [-0.15, -0.1) is 0 Å². The Morgan fingerprint density at radius 1 is 1.44 bits per heavy atom. The van der Waals surface area contributed by atoms with Crippen LogP contribution >= 0.6 is 0 Å². The summed E-state index contributed by atoms with van der Waals surface area (Å²) >= 11 is 0. The maximum Gasteiger partial charge on any atom is 0.0672 e. The van der Waals surface area contributed by atoms with Crippen LogP contribution in [0.25, 0.3) is 10.9 Å².